The molecule has 35 heavy (non-hydrogen) atoms. The summed E-state index contributed by atoms with van der Waals surface area (Å²) in [5, 5.41) is 28.3. The van der Waals surface area contributed by atoms with Gasteiger partial charge in [0, 0.05) is 24.2 Å². The number of aliphatic hydroxyl groups excluding tert-OH is 1. The number of hydrogen-bond acceptors (Lipinski definition) is 5. The number of nitrogens with one attached hydrogen (secondary N) is 1. The van der Waals surface area contributed by atoms with Gasteiger partial charge >= 0.3 is 6.61 Å². The molecule has 1 aliphatic carbocycles. The van der Waals surface area contributed by atoms with Crippen LogP contribution in [0.3, 0.4) is 0 Å². The van der Waals surface area contributed by atoms with Crippen LogP contribution in [0.2, 0.25) is 0 Å². The molecule has 0 radical (unpaired) electrons. The molecule has 3 N–H and O–H groups in total. The molecule has 0 bridgehead atoms. The topological polar surface area (TPSA) is 96.6 Å². The number of rotatable bonds is 9. The predicted molar refractivity (Wildman–Crippen MR) is 130 cm³/mol. The number of carbonyl (C=O) groups is 1. The largest absolute Gasteiger partial charge is 0.434 e. The van der Waals surface area contributed by atoms with E-state index < -0.39 is 24.2 Å². The molecule has 3 rings (SSSR count). The molecule has 1 heterocycles. The summed E-state index contributed by atoms with van der Waals surface area (Å²) in [7, 11) is 0. The maximum Gasteiger partial charge on any atom is 0.387 e. The second-order valence-corrected chi connectivity index (χ2v) is 10.1. The Hall–Kier alpha value is -2.52. The van der Waals surface area contributed by atoms with E-state index in [0.29, 0.717) is 54.5 Å². The summed E-state index contributed by atoms with van der Waals surface area (Å²) in [6.45, 7) is 6.99. The Morgan fingerprint density at radius 1 is 1.37 bits per heavy atom. The lowest BCUT2D eigenvalue weighted by Crippen LogP contribution is -2.54. The highest BCUT2D eigenvalue weighted by Gasteiger charge is 2.40. The van der Waals surface area contributed by atoms with Gasteiger partial charge in [-0.3, -0.25) is 9.48 Å². The Bertz CT molecular complexity index is 1040. The minimum absolute atomic E-state index is 0.0385. The van der Waals surface area contributed by atoms with Crippen molar-refractivity contribution in [2.75, 3.05) is 6.54 Å². The van der Waals surface area contributed by atoms with E-state index in [0.717, 1.165) is 12.0 Å². The molecule has 0 saturated heterocycles. The molecule has 7 nitrogen and oxygen atoms in total. The standard InChI is InChI=1S/C26H37F2N3O4/c1-6-31-23(19-8-7-18(11-15(2)3)13-20(19)35-25(27)28)17(5)22(30-31)24(33)29-14-26(34)10-9-16(4)12-21(26)32/h7-8,13,15-16,21,25,32,34H,6,9-12,14H2,1-5H3,(H,29,33)/t16-,21-,26-/m0/s1. The molecular formula is C26H37F2N3O4. The smallest absolute Gasteiger partial charge is 0.387 e. The number of benzene rings is 1. The van der Waals surface area contributed by atoms with E-state index in [2.05, 4.69) is 10.4 Å². The van der Waals surface area contributed by atoms with Gasteiger partial charge < -0.3 is 20.3 Å². The van der Waals surface area contributed by atoms with Gasteiger partial charge in [-0.05, 0) is 69.1 Å². The van der Waals surface area contributed by atoms with Crippen molar-refractivity contribution < 1.29 is 28.5 Å². The number of carbonyl (C=O) groups excluding carboxylic acids is 1. The zero-order chi connectivity index (χ0) is 25.9. The Balaban J connectivity index is 1.91. The first-order valence-corrected chi connectivity index (χ1v) is 12.3. The number of aromatic nitrogens is 2. The molecule has 1 saturated carbocycles. The van der Waals surface area contributed by atoms with Crippen LogP contribution in [0.5, 0.6) is 5.75 Å². The lowest BCUT2D eigenvalue weighted by molar-refractivity contribution is -0.106. The van der Waals surface area contributed by atoms with Crippen LogP contribution in [0.4, 0.5) is 8.78 Å². The number of alkyl halides is 2. The maximum atomic E-state index is 13.2. The van der Waals surface area contributed by atoms with Gasteiger partial charge in [-0.2, -0.15) is 13.9 Å². The van der Waals surface area contributed by atoms with Crippen molar-refractivity contribution >= 4 is 5.91 Å². The molecule has 3 atom stereocenters. The lowest BCUT2D eigenvalue weighted by atomic mass is 9.77. The van der Waals surface area contributed by atoms with Crippen LogP contribution in [-0.4, -0.2) is 50.8 Å². The summed E-state index contributed by atoms with van der Waals surface area (Å²) in [6.07, 6.45) is 1.42. The first-order valence-electron chi connectivity index (χ1n) is 12.3. The third-order valence-electron chi connectivity index (χ3n) is 6.74. The fourth-order valence-corrected chi connectivity index (χ4v) is 4.80. The summed E-state index contributed by atoms with van der Waals surface area (Å²) >= 11 is 0. The average molecular weight is 494 g/mol. The van der Waals surface area contributed by atoms with E-state index in [1.165, 1.54) is 0 Å². The van der Waals surface area contributed by atoms with Gasteiger partial charge in [-0.1, -0.05) is 26.8 Å². The van der Waals surface area contributed by atoms with E-state index >= 15 is 0 Å². The quantitative estimate of drug-likeness (QED) is 0.484. The summed E-state index contributed by atoms with van der Waals surface area (Å²) in [5.74, 6) is 0.196. The van der Waals surface area contributed by atoms with Gasteiger partial charge in [-0.15, -0.1) is 0 Å². The van der Waals surface area contributed by atoms with Crippen LogP contribution in [0.25, 0.3) is 11.3 Å². The SMILES string of the molecule is CCn1nc(C(=O)NC[C@@]2(O)CC[C@H](C)C[C@@H]2O)c(C)c1-c1ccc(CC(C)C)cc1OC(F)F. The molecular weight excluding hydrogens is 456 g/mol. The van der Waals surface area contributed by atoms with E-state index in [9.17, 15) is 23.8 Å². The summed E-state index contributed by atoms with van der Waals surface area (Å²) in [6, 6.07) is 5.23. The van der Waals surface area contributed by atoms with Crippen LogP contribution in [0, 0.1) is 18.8 Å². The monoisotopic (exact) mass is 493 g/mol. The summed E-state index contributed by atoms with van der Waals surface area (Å²) in [5.41, 5.74) is 1.10. The normalized spacial score (nSPS) is 22.6. The number of amides is 1. The fourth-order valence-electron chi connectivity index (χ4n) is 4.80. The van der Waals surface area contributed by atoms with Crippen LogP contribution >= 0.6 is 0 Å². The highest BCUT2D eigenvalue weighted by atomic mass is 19.3. The van der Waals surface area contributed by atoms with E-state index in [-0.39, 0.29) is 18.0 Å². The molecule has 9 heteroatoms. The van der Waals surface area contributed by atoms with Crippen molar-refractivity contribution in [3.8, 4) is 17.0 Å². The van der Waals surface area contributed by atoms with Gasteiger partial charge in [0.25, 0.3) is 5.91 Å². The molecule has 1 aliphatic rings. The molecule has 1 aromatic heterocycles. The van der Waals surface area contributed by atoms with Gasteiger partial charge in [0.05, 0.1) is 11.8 Å². The Morgan fingerprint density at radius 3 is 2.69 bits per heavy atom. The highest BCUT2D eigenvalue weighted by molar-refractivity contribution is 5.95. The summed E-state index contributed by atoms with van der Waals surface area (Å²) in [4.78, 5) is 13.0. The number of ether oxygens (including phenoxy) is 1. The Morgan fingerprint density at radius 2 is 2.09 bits per heavy atom. The first kappa shape index (κ1) is 27.1. The molecule has 0 spiro atoms. The lowest BCUT2D eigenvalue weighted by Gasteiger charge is -2.39. The maximum absolute atomic E-state index is 13.2. The molecule has 1 fully saturated rings. The third kappa shape index (κ3) is 6.19. The first-order chi connectivity index (χ1) is 16.4. The molecule has 2 aromatic rings. The Kier molecular flexibility index (Phi) is 8.54. The zero-order valence-electron chi connectivity index (χ0n) is 21.1. The number of halogens is 2. The van der Waals surface area contributed by atoms with Crippen LogP contribution in [0.1, 0.15) is 68.6 Å². The predicted octanol–water partition coefficient (Wildman–Crippen LogP) is 4.32. The molecule has 1 amide bonds. The number of aliphatic hydroxyl groups is 2. The average Bonchev–Trinajstić information content (AvgIpc) is 3.11. The van der Waals surface area contributed by atoms with E-state index in [1.54, 1.807) is 23.7 Å². The highest BCUT2D eigenvalue weighted by Crippen LogP contribution is 2.36. The van der Waals surface area contributed by atoms with Crippen molar-refractivity contribution in [3.63, 3.8) is 0 Å². The minimum atomic E-state index is -2.99. The van der Waals surface area contributed by atoms with Gasteiger partial charge in [-0.25, -0.2) is 0 Å². The van der Waals surface area contributed by atoms with Crippen LogP contribution in [-0.2, 0) is 13.0 Å². The van der Waals surface area contributed by atoms with Crippen molar-refractivity contribution in [1.82, 2.24) is 15.1 Å². The number of aryl methyl sites for hydroxylation is 1. The molecule has 0 unspecified atom stereocenters. The van der Waals surface area contributed by atoms with Gasteiger partial charge in [0.15, 0.2) is 5.69 Å². The van der Waals surface area contributed by atoms with Crippen LogP contribution in [0.15, 0.2) is 18.2 Å². The Labute approximate surface area is 205 Å². The summed E-state index contributed by atoms with van der Waals surface area (Å²) < 4.78 is 32.9. The second kappa shape index (κ2) is 11.0. The third-order valence-corrected chi connectivity index (χ3v) is 6.74. The van der Waals surface area contributed by atoms with Crippen molar-refractivity contribution in [1.29, 1.82) is 0 Å². The van der Waals surface area contributed by atoms with Gasteiger partial charge in [0.2, 0.25) is 0 Å². The fraction of sp³-hybridized carbons (Fsp3) is 0.615. The number of nitrogens with zero attached hydrogens (tertiary/aromatic N) is 2. The van der Waals surface area contributed by atoms with Gasteiger partial charge in [0.1, 0.15) is 11.4 Å². The van der Waals surface area contributed by atoms with Crippen LogP contribution < -0.4 is 10.1 Å². The molecule has 194 valence electrons. The van der Waals surface area contributed by atoms with Crippen molar-refractivity contribution in [2.45, 2.75) is 85.2 Å². The molecule has 0 aliphatic heterocycles. The zero-order valence-corrected chi connectivity index (χ0v) is 21.1. The molecule has 1 aromatic carbocycles. The van der Waals surface area contributed by atoms with Crippen molar-refractivity contribution in [3.05, 3.63) is 35.0 Å². The second-order valence-electron chi connectivity index (χ2n) is 10.1. The number of hydrogen-bond donors (Lipinski definition) is 3. The van der Waals surface area contributed by atoms with Crippen molar-refractivity contribution in [2.24, 2.45) is 11.8 Å². The van der Waals surface area contributed by atoms with E-state index in [4.69, 9.17) is 4.74 Å². The van der Waals surface area contributed by atoms with E-state index in [1.807, 2.05) is 33.8 Å². The minimum Gasteiger partial charge on any atom is -0.434 e.